The summed E-state index contributed by atoms with van der Waals surface area (Å²) in [6.45, 7) is 8.37. The number of para-hydroxylation sites is 1. The molecule has 1 N–H and O–H groups in total. The van der Waals surface area contributed by atoms with Crippen LogP contribution in [0.2, 0.25) is 0 Å². The van der Waals surface area contributed by atoms with Crippen molar-refractivity contribution in [2.24, 2.45) is 11.8 Å². The summed E-state index contributed by atoms with van der Waals surface area (Å²) < 4.78 is -0.729. The Morgan fingerprint density at radius 1 is 1.10 bits per heavy atom. The van der Waals surface area contributed by atoms with Crippen LogP contribution < -0.4 is 4.90 Å². The molecule has 1 saturated carbocycles. The van der Waals surface area contributed by atoms with E-state index in [0.717, 1.165) is 31.4 Å². The van der Waals surface area contributed by atoms with Crippen molar-refractivity contribution in [3.05, 3.63) is 55.6 Å². The number of thioether (sulfide) groups is 1. The molecular formula is C30H38BrN3O4S. The summed E-state index contributed by atoms with van der Waals surface area (Å²) >= 11 is 5.49. The van der Waals surface area contributed by atoms with E-state index in [1.165, 1.54) is 6.42 Å². The van der Waals surface area contributed by atoms with Crippen LogP contribution in [0.4, 0.5) is 5.69 Å². The van der Waals surface area contributed by atoms with Crippen LogP contribution in [0.5, 0.6) is 0 Å². The van der Waals surface area contributed by atoms with E-state index < -0.39 is 22.6 Å². The van der Waals surface area contributed by atoms with Gasteiger partial charge in [-0.1, -0.05) is 65.5 Å². The third-order valence-corrected chi connectivity index (χ3v) is 12.1. The summed E-state index contributed by atoms with van der Waals surface area (Å²) in [5.74, 6) is -1.58. The number of likely N-dealkylation sites (tertiary alicyclic amines) is 1. The standard InChI is InChI=1S/C30H38BrN3O4S/c1-3-15-32(20-11-7-5-8-12-20)27(36)23-24-28(37)34(17-18-35)26(30(24)19-22(31)25(23)39-30)29(38)33(16-4-2)21-13-9-6-10-14-21/h3-5,7-8,11-12,21-26,35H,1-2,6,9-10,13-19H2/t22?,23-,24+,25-,26?,30?/m1/s1. The number of halogens is 1. The third-order valence-electron chi connectivity index (χ3n) is 8.92. The number of aliphatic hydroxyl groups is 1. The lowest BCUT2D eigenvalue weighted by molar-refractivity contribution is -0.144. The quantitative estimate of drug-likeness (QED) is 0.318. The average Bonchev–Trinajstić information content (AvgIpc) is 3.54. The highest BCUT2D eigenvalue weighted by Gasteiger charge is 2.76. The minimum absolute atomic E-state index is 0.00577. The molecule has 3 heterocycles. The number of anilines is 1. The molecule has 210 valence electrons. The molecule has 1 aromatic carbocycles. The van der Waals surface area contributed by atoms with Gasteiger partial charge in [-0.3, -0.25) is 14.4 Å². The molecule has 1 spiro atoms. The van der Waals surface area contributed by atoms with Crippen LogP contribution in [-0.2, 0) is 14.4 Å². The highest BCUT2D eigenvalue weighted by molar-refractivity contribution is 9.09. The Labute approximate surface area is 243 Å². The fourth-order valence-electron chi connectivity index (χ4n) is 7.39. The van der Waals surface area contributed by atoms with Gasteiger partial charge in [0.25, 0.3) is 0 Å². The first-order valence-corrected chi connectivity index (χ1v) is 15.8. The third kappa shape index (κ3) is 4.78. The maximum atomic E-state index is 14.5. The van der Waals surface area contributed by atoms with E-state index in [4.69, 9.17) is 0 Å². The Hall–Kier alpha value is -2.10. The lowest BCUT2D eigenvalue weighted by Gasteiger charge is -2.41. The number of hydrogen-bond acceptors (Lipinski definition) is 5. The highest BCUT2D eigenvalue weighted by Crippen LogP contribution is 2.68. The number of fused-ring (bicyclic) bond motifs is 1. The predicted octanol–water partition coefficient (Wildman–Crippen LogP) is 4.01. The molecule has 39 heavy (non-hydrogen) atoms. The van der Waals surface area contributed by atoms with Crippen LogP contribution in [0.25, 0.3) is 0 Å². The number of rotatable bonds is 10. The topological polar surface area (TPSA) is 81.2 Å². The summed E-state index contributed by atoms with van der Waals surface area (Å²) in [6.07, 6.45) is 9.32. The summed E-state index contributed by atoms with van der Waals surface area (Å²) in [7, 11) is 0. The zero-order chi connectivity index (χ0) is 27.7. The fourth-order valence-corrected chi connectivity index (χ4v) is 11.0. The van der Waals surface area contributed by atoms with Gasteiger partial charge >= 0.3 is 0 Å². The van der Waals surface area contributed by atoms with Gasteiger partial charge in [-0.15, -0.1) is 24.9 Å². The minimum atomic E-state index is -0.729. The summed E-state index contributed by atoms with van der Waals surface area (Å²) in [5.41, 5.74) is 0.759. The average molecular weight is 617 g/mol. The first-order chi connectivity index (χ1) is 18.9. The molecule has 9 heteroatoms. The van der Waals surface area contributed by atoms with Crippen molar-refractivity contribution < 1.29 is 19.5 Å². The number of alkyl halides is 1. The SMILES string of the molecule is C=CCN(C(=O)[C@H]1[C@@H]2SC3(CC2Br)C(C(=O)N(CC=C)C2CCCCC2)N(CCO)C(=O)[C@H]13)c1ccccc1. The van der Waals surface area contributed by atoms with E-state index in [1.54, 1.807) is 33.7 Å². The number of nitrogens with zero attached hydrogens (tertiary/aromatic N) is 3. The van der Waals surface area contributed by atoms with Gasteiger partial charge in [0.2, 0.25) is 17.7 Å². The number of hydrogen-bond donors (Lipinski definition) is 1. The maximum Gasteiger partial charge on any atom is 0.247 e. The molecule has 0 radical (unpaired) electrons. The van der Waals surface area contributed by atoms with Gasteiger partial charge in [0, 0.05) is 41.4 Å². The Morgan fingerprint density at radius 2 is 1.79 bits per heavy atom. The molecule has 1 aromatic rings. The van der Waals surface area contributed by atoms with Crippen molar-refractivity contribution in [3.8, 4) is 0 Å². The number of carbonyl (C=O) groups is 3. The van der Waals surface area contributed by atoms with Crippen LogP contribution in [0.3, 0.4) is 0 Å². The van der Waals surface area contributed by atoms with E-state index in [9.17, 15) is 19.5 Å². The second-order valence-electron chi connectivity index (χ2n) is 11.1. The molecule has 5 rings (SSSR count). The Bertz CT molecular complexity index is 1110. The first-order valence-electron chi connectivity index (χ1n) is 14.0. The van der Waals surface area contributed by atoms with E-state index >= 15 is 0 Å². The van der Waals surface area contributed by atoms with E-state index in [-0.39, 0.29) is 47.0 Å². The molecule has 3 unspecified atom stereocenters. The van der Waals surface area contributed by atoms with Gasteiger partial charge in [-0.2, -0.15) is 0 Å². The van der Waals surface area contributed by atoms with Crippen molar-refractivity contribution in [2.75, 3.05) is 31.1 Å². The van der Waals surface area contributed by atoms with Gasteiger partial charge in [0.05, 0.1) is 23.2 Å². The van der Waals surface area contributed by atoms with Crippen LogP contribution >= 0.6 is 27.7 Å². The zero-order valence-electron chi connectivity index (χ0n) is 22.3. The minimum Gasteiger partial charge on any atom is -0.395 e. The van der Waals surface area contributed by atoms with Crippen molar-refractivity contribution in [3.63, 3.8) is 0 Å². The second-order valence-corrected chi connectivity index (χ2v) is 13.8. The van der Waals surface area contributed by atoms with Gasteiger partial charge in [-0.25, -0.2) is 0 Å². The molecule has 2 bridgehead atoms. The van der Waals surface area contributed by atoms with E-state index in [1.807, 2.05) is 35.2 Å². The number of benzene rings is 1. The zero-order valence-corrected chi connectivity index (χ0v) is 24.7. The van der Waals surface area contributed by atoms with Crippen LogP contribution in [0.1, 0.15) is 38.5 Å². The van der Waals surface area contributed by atoms with Crippen molar-refractivity contribution in [2.45, 2.75) is 65.4 Å². The van der Waals surface area contributed by atoms with Gasteiger partial charge < -0.3 is 19.8 Å². The van der Waals surface area contributed by atoms with Crippen molar-refractivity contribution in [1.82, 2.24) is 9.80 Å². The molecule has 4 aliphatic rings. The van der Waals surface area contributed by atoms with Gasteiger partial charge in [-0.05, 0) is 31.4 Å². The van der Waals surface area contributed by atoms with E-state index in [0.29, 0.717) is 19.5 Å². The summed E-state index contributed by atoms with van der Waals surface area (Å²) in [4.78, 5) is 48.2. The molecular weight excluding hydrogens is 578 g/mol. The smallest absolute Gasteiger partial charge is 0.247 e. The highest BCUT2D eigenvalue weighted by atomic mass is 79.9. The van der Waals surface area contributed by atoms with Crippen molar-refractivity contribution >= 4 is 51.1 Å². The molecule has 3 aliphatic heterocycles. The molecule has 0 aromatic heterocycles. The largest absolute Gasteiger partial charge is 0.395 e. The number of amides is 3. The molecule has 6 atom stereocenters. The van der Waals surface area contributed by atoms with Crippen molar-refractivity contribution in [1.29, 1.82) is 0 Å². The molecule has 3 saturated heterocycles. The lowest BCUT2D eigenvalue weighted by atomic mass is 9.70. The molecule has 7 nitrogen and oxygen atoms in total. The number of aliphatic hydroxyl groups excluding tert-OH is 1. The van der Waals surface area contributed by atoms with E-state index in [2.05, 4.69) is 29.1 Å². The molecule has 3 amide bonds. The van der Waals surface area contributed by atoms with Gasteiger partial charge in [0.1, 0.15) is 6.04 Å². The monoisotopic (exact) mass is 615 g/mol. The summed E-state index contributed by atoms with van der Waals surface area (Å²) in [5, 5.41) is 9.83. The number of carbonyl (C=O) groups excluding carboxylic acids is 3. The molecule has 4 fully saturated rings. The molecule has 1 aliphatic carbocycles. The lowest BCUT2D eigenvalue weighted by Crippen LogP contribution is -2.58. The fraction of sp³-hybridized carbons (Fsp3) is 0.567. The van der Waals surface area contributed by atoms with Crippen LogP contribution in [-0.4, -0.2) is 85.8 Å². The van der Waals surface area contributed by atoms with Crippen LogP contribution in [0.15, 0.2) is 55.6 Å². The summed E-state index contributed by atoms with van der Waals surface area (Å²) in [6, 6.07) is 8.86. The van der Waals surface area contributed by atoms with Crippen LogP contribution in [0, 0.1) is 11.8 Å². The predicted molar refractivity (Wildman–Crippen MR) is 159 cm³/mol. The number of β-amino-alcohol motifs (C(OH)–C–C–N with tert-alkyl or cyclic N) is 1. The Kier molecular flexibility index (Phi) is 8.59. The normalized spacial score (nSPS) is 31.7. The second kappa shape index (κ2) is 11.8. The maximum absolute atomic E-state index is 14.5. The first kappa shape index (κ1) is 28.4. The Balaban J connectivity index is 1.54. The van der Waals surface area contributed by atoms with Gasteiger partial charge in [0.15, 0.2) is 0 Å². The Morgan fingerprint density at radius 3 is 2.44 bits per heavy atom.